The zero-order valence-electron chi connectivity index (χ0n) is 20.9. The highest BCUT2D eigenvalue weighted by Gasteiger charge is 2.28. The largest absolute Gasteiger partial charge is 0.343 e. The van der Waals surface area contributed by atoms with Gasteiger partial charge in [-0.15, -0.1) is 0 Å². The number of hydrogen-bond donors (Lipinski definition) is 0. The number of carbonyl (C=O) groups excluding carboxylic acids is 3. The number of carbonyl (C=O) groups is 3. The van der Waals surface area contributed by atoms with Crippen LogP contribution in [0.25, 0.3) is 0 Å². The maximum Gasteiger partial charge on any atom is 0.274 e. The number of rotatable bonds is 10. The van der Waals surface area contributed by atoms with Crippen LogP contribution < -0.4 is 0 Å². The fourth-order valence-electron chi connectivity index (χ4n) is 4.34. The molecule has 2 heterocycles. The molecule has 1 aromatic heterocycles. The van der Waals surface area contributed by atoms with Gasteiger partial charge in [-0.3, -0.25) is 19.1 Å². The van der Waals surface area contributed by atoms with E-state index in [4.69, 9.17) is 0 Å². The van der Waals surface area contributed by atoms with Crippen molar-refractivity contribution in [2.75, 3.05) is 32.7 Å². The molecule has 34 heavy (non-hydrogen) atoms. The third-order valence-corrected chi connectivity index (χ3v) is 6.10. The quantitative estimate of drug-likeness (QED) is 0.537. The Labute approximate surface area is 202 Å². The molecule has 0 radical (unpaired) electrons. The fourth-order valence-corrected chi connectivity index (χ4v) is 4.34. The lowest BCUT2D eigenvalue weighted by Crippen LogP contribution is -2.39. The Morgan fingerprint density at radius 2 is 1.76 bits per heavy atom. The second kappa shape index (κ2) is 11.8. The van der Waals surface area contributed by atoms with Gasteiger partial charge in [0.1, 0.15) is 5.69 Å². The van der Waals surface area contributed by atoms with Gasteiger partial charge in [-0.1, -0.05) is 44.2 Å². The van der Waals surface area contributed by atoms with Crippen LogP contribution in [0.3, 0.4) is 0 Å². The number of aromatic nitrogens is 2. The van der Waals surface area contributed by atoms with E-state index in [1.807, 2.05) is 62.9 Å². The zero-order valence-corrected chi connectivity index (χ0v) is 20.9. The van der Waals surface area contributed by atoms with Crippen LogP contribution in [-0.2, 0) is 17.9 Å². The molecular formula is C26H37N5O3. The molecule has 1 aromatic carbocycles. The van der Waals surface area contributed by atoms with Crippen molar-refractivity contribution in [1.82, 2.24) is 24.5 Å². The van der Waals surface area contributed by atoms with Gasteiger partial charge in [0, 0.05) is 58.3 Å². The van der Waals surface area contributed by atoms with Crippen LogP contribution >= 0.6 is 0 Å². The summed E-state index contributed by atoms with van der Waals surface area (Å²) in [6.45, 7) is 11.9. The Bertz CT molecular complexity index is 982. The van der Waals surface area contributed by atoms with Crippen LogP contribution in [0.1, 0.15) is 67.1 Å². The lowest BCUT2D eigenvalue weighted by Gasteiger charge is -2.25. The summed E-state index contributed by atoms with van der Waals surface area (Å²) in [5.74, 6) is -0.0566. The first-order chi connectivity index (χ1) is 16.3. The van der Waals surface area contributed by atoms with E-state index in [9.17, 15) is 14.4 Å². The summed E-state index contributed by atoms with van der Waals surface area (Å²) in [7, 11) is 0. The lowest BCUT2D eigenvalue weighted by atomic mass is 10.1. The van der Waals surface area contributed by atoms with Crippen LogP contribution in [-0.4, -0.2) is 74.9 Å². The van der Waals surface area contributed by atoms with Crippen molar-refractivity contribution >= 4 is 17.7 Å². The molecule has 0 atom stereocenters. The summed E-state index contributed by atoms with van der Waals surface area (Å²) < 4.78 is 1.66. The van der Waals surface area contributed by atoms with Crippen molar-refractivity contribution in [2.24, 2.45) is 5.92 Å². The van der Waals surface area contributed by atoms with Gasteiger partial charge in [-0.25, -0.2) is 0 Å². The van der Waals surface area contributed by atoms with Gasteiger partial charge in [0.15, 0.2) is 5.69 Å². The van der Waals surface area contributed by atoms with Crippen LogP contribution in [0.5, 0.6) is 0 Å². The van der Waals surface area contributed by atoms with Crippen molar-refractivity contribution in [3.05, 3.63) is 53.3 Å². The van der Waals surface area contributed by atoms with Gasteiger partial charge in [0.25, 0.3) is 11.8 Å². The molecule has 3 amide bonds. The van der Waals surface area contributed by atoms with E-state index < -0.39 is 0 Å². The molecule has 2 aromatic rings. The van der Waals surface area contributed by atoms with E-state index in [1.54, 1.807) is 20.5 Å². The maximum atomic E-state index is 13.4. The fraction of sp³-hybridized carbons (Fsp3) is 0.538. The summed E-state index contributed by atoms with van der Waals surface area (Å²) in [6.07, 6.45) is 1.05. The maximum absolute atomic E-state index is 13.4. The summed E-state index contributed by atoms with van der Waals surface area (Å²) in [5.41, 5.74) is 1.78. The van der Waals surface area contributed by atoms with E-state index in [-0.39, 0.29) is 35.8 Å². The minimum absolute atomic E-state index is 0.0407. The molecule has 3 rings (SSSR count). The molecule has 184 valence electrons. The first-order valence-corrected chi connectivity index (χ1v) is 12.3. The summed E-state index contributed by atoms with van der Waals surface area (Å²) in [5, 5.41) is 4.51. The molecule has 8 nitrogen and oxygen atoms in total. The topological polar surface area (TPSA) is 78.8 Å². The van der Waals surface area contributed by atoms with Gasteiger partial charge in [-0.2, -0.15) is 5.10 Å². The van der Waals surface area contributed by atoms with E-state index in [0.29, 0.717) is 51.5 Å². The number of amides is 3. The Hall–Kier alpha value is -3.16. The first kappa shape index (κ1) is 25.5. The highest BCUT2D eigenvalue weighted by atomic mass is 16.2. The molecule has 0 fully saturated rings. The van der Waals surface area contributed by atoms with Crippen molar-refractivity contribution in [2.45, 2.75) is 53.6 Å². The van der Waals surface area contributed by atoms with Crippen LogP contribution in [0.2, 0.25) is 0 Å². The normalized spacial score (nSPS) is 13.6. The Balaban J connectivity index is 1.76. The number of aryl methyl sites for hydroxylation is 1. The first-order valence-electron chi connectivity index (χ1n) is 12.3. The van der Waals surface area contributed by atoms with Gasteiger partial charge in [0.05, 0.1) is 0 Å². The van der Waals surface area contributed by atoms with Gasteiger partial charge in [0.2, 0.25) is 5.91 Å². The Morgan fingerprint density at radius 3 is 2.41 bits per heavy atom. The average molecular weight is 468 g/mol. The molecule has 1 aliphatic rings. The summed E-state index contributed by atoms with van der Waals surface area (Å²) >= 11 is 0. The number of benzene rings is 1. The molecule has 0 spiro atoms. The highest BCUT2D eigenvalue weighted by molar-refractivity contribution is 5.98. The van der Waals surface area contributed by atoms with Crippen molar-refractivity contribution < 1.29 is 14.4 Å². The molecule has 0 unspecified atom stereocenters. The standard InChI is InChI=1S/C26H37N5O3/c1-5-28(6-2)24(32)13-16-30(18-20(3)4)25(33)22-17-23-26(34)29(14-10-15-31(23)27-22)19-21-11-8-7-9-12-21/h7-9,11-12,17,20H,5-6,10,13-16,18-19H2,1-4H3. The second-order valence-electron chi connectivity index (χ2n) is 9.16. The number of fused-ring (bicyclic) bond motifs is 1. The van der Waals surface area contributed by atoms with E-state index in [0.717, 1.165) is 12.0 Å². The minimum Gasteiger partial charge on any atom is -0.343 e. The second-order valence-corrected chi connectivity index (χ2v) is 9.16. The predicted molar refractivity (Wildman–Crippen MR) is 131 cm³/mol. The SMILES string of the molecule is CCN(CC)C(=O)CCN(CC(C)C)C(=O)c1cc2n(n1)CCCN(Cc1ccccc1)C2=O. The Kier molecular flexibility index (Phi) is 8.85. The molecule has 0 aliphatic carbocycles. The zero-order chi connectivity index (χ0) is 24.7. The van der Waals surface area contributed by atoms with Crippen molar-refractivity contribution in [3.8, 4) is 0 Å². The van der Waals surface area contributed by atoms with E-state index in [1.165, 1.54) is 0 Å². The lowest BCUT2D eigenvalue weighted by molar-refractivity contribution is -0.131. The average Bonchev–Trinajstić information content (AvgIpc) is 3.19. The molecule has 0 bridgehead atoms. The van der Waals surface area contributed by atoms with Crippen molar-refractivity contribution in [1.29, 1.82) is 0 Å². The monoisotopic (exact) mass is 467 g/mol. The molecule has 1 aliphatic heterocycles. The van der Waals surface area contributed by atoms with Crippen LogP contribution in [0, 0.1) is 5.92 Å². The molecular weight excluding hydrogens is 430 g/mol. The van der Waals surface area contributed by atoms with E-state index in [2.05, 4.69) is 5.10 Å². The number of hydrogen-bond acceptors (Lipinski definition) is 4. The van der Waals surface area contributed by atoms with Gasteiger partial charge in [-0.05, 0) is 31.7 Å². The molecule has 0 N–H and O–H groups in total. The third kappa shape index (κ3) is 6.24. The Morgan fingerprint density at radius 1 is 1.06 bits per heavy atom. The van der Waals surface area contributed by atoms with Crippen molar-refractivity contribution in [3.63, 3.8) is 0 Å². The minimum atomic E-state index is -0.232. The van der Waals surface area contributed by atoms with Crippen LogP contribution in [0.15, 0.2) is 36.4 Å². The predicted octanol–water partition coefficient (Wildman–Crippen LogP) is 3.29. The highest BCUT2D eigenvalue weighted by Crippen LogP contribution is 2.18. The van der Waals surface area contributed by atoms with Gasteiger partial charge < -0.3 is 14.7 Å². The van der Waals surface area contributed by atoms with E-state index >= 15 is 0 Å². The summed E-state index contributed by atoms with van der Waals surface area (Å²) in [4.78, 5) is 44.4. The molecule has 0 saturated heterocycles. The van der Waals surface area contributed by atoms with Crippen LogP contribution in [0.4, 0.5) is 0 Å². The summed E-state index contributed by atoms with van der Waals surface area (Å²) in [6, 6.07) is 11.5. The molecule has 8 heteroatoms. The third-order valence-electron chi connectivity index (χ3n) is 6.10. The number of nitrogens with zero attached hydrogens (tertiary/aromatic N) is 5. The van der Waals surface area contributed by atoms with Gasteiger partial charge >= 0.3 is 0 Å². The molecule has 0 saturated carbocycles. The smallest absolute Gasteiger partial charge is 0.274 e.